The van der Waals surface area contributed by atoms with Gasteiger partial charge in [0.2, 0.25) is 0 Å². The largest absolute Gasteiger partial charge is 0.379 e. The highest BCUT2D eigenvalue weighted by Gasteiger charge is 2.12. The maximum atomic E-state index is 12.5. The molecule has 2 N–H and O–H groups in total. The number of amides is 2. The van der Waals surface area contributed by atoms with Gasteiger partial charge in [-0.05, 0) is 54.4 Å². The molecule has 0 aliphatic carbocycles. The number of nitrogens with one attached hydrogen (secondary N) is 2. The van der Waals surface area contributed by atoms with E-state index in [0.29, 0.717) is 22.5 Å². The van der Waals surface area contributed by atoms with Crippen molar-refractivity contribution >= 4 is 23.2 Å². The van der Waals surface area contributed by atoms with Crippen molar-refractivity contribution in [1.82, 2.24) is 10.3 Å². The van der Waals surface area contributed by atoms with Crippen LogP contribution in [0.15, 0.2) is 84.0 Å². The quantitative estimate of drug-likeness (QED) is 0.417. The van der Waals surface area contributed by atoms with E-state index < -0.39 is 0 Å². The Morgan fingerprint density at radius 3 is 2.26 bits per heavy atom. The Balaban J connectivity index is 1.34. The molecule has 34 heavy (non-hydrogen) atoms. The molecule has 1 aliphatic heterocycles. The highest BCUT2D eigenvalue weighted by atomic mass is 16.5. The molecule has 0 spiro atoms. The normalized spacial score (nSPS) is 14.4. The van der Waals surface area contributed by atoms with E-state index in [1.54, 1.807) is 12.1 Å². The summed E-state index contributed by atoms with van der Waals surface area (Å²) in [7, 11) is 0. The van der Waals surface area contributed by atoms with Gasteiger partial charge in [0, 0.05) is 36.4 Å². The Morgan fingerprint density at radius 1 is 0.853 bits per heavy atom. The van der Waals surface area contributed by atoms with Gasteiger partial charge in [-0.25, -0.2) is 5.43 Å². The van der Waals surface area contributed by atoms with E-state index in [0.717, 1.165) is 44.0 Å². The highest BCUT2D eigenvalue weighted by molar-refractivity contribution is 6.06. The molecule has 4 rings (SSSR count). The van der Waals surface area contributed by atoms with Crippen LogP contribution in [-0.2, 0) is 11.3 Å². The molecule has 7 nitrogen and oxygen atoms in total. The van der Waals surface area contributed by atoms with E-state index in [4.69, 9.17) is 4.74 Å². The molecule has 1 fully saturated rings. The summed E-state index contributed by atoms with van der Waals surface area (Å²) in [5, 5.41) is 7.13. The molecule has 0 bridgehead atoms. The average Bonchev–Trinajstić information content (AvgIpc) is 2.89. The minimum atomic E-state index is -0.272. The Morgan fingerprint density at radius 2 is 1.53 bits per heavy atom. The minimum absolute atomic E-state index is 0.183. The van der Waals surface area contributed by atoms with Crippen LogP contribution in [0.1, 0.15) is 38.8 Å². The van der Waals surface area contributed by atoms with E-state index in [-0.39, 0.29) is 11.8 Å². The van der Waals surface area contributed by atoms with Crippen molar-refractivity contribution in [2.45, 2.75) is 13.5 Å². The number of rotatable bonds is 7. The Hall–Kier alpha value is -3.81. The van der Waals surface area contributed by atoms with Crippen LogP contribution < -0.4 is 10.7 Å². The van der Waals surface area contributed by atoms with E-state index >= 15 is 0 Å². The number of anilines is 1. The fourth-order valence-corrected chi connectivity index (χ4v) is 3.66. The lowest BCUT2D eigenvalue weighted by Crippen LogP contribution is -2.35. The lowest BCUT2D eigenvalue weighted by Gasteiger charge is -2.26. The highest BCUT2D eigenvalue weighted by Crippen LogP contribution is 2.14. The van der Waals surface area contributed by atoms with Crippen molar-refractivity contribution in [3.63, 3.8) is 0 Å². The molecule has 3 aromatic rings. The van der Waals surface area contributed by atoms with Gasteiger partial charge in [-0.1, -0.05) is 42.5 Å². The second-order valence-electron chi connectivity index (χ2n) is 8.12. The summed E-state index contributed by atoms with van der Waals surface area (Å²) in [6.45, 7) is 6.03. The molecule has 0 atom stereocenters. The molecule has 1 aliphatic rings. The Labute approximate surface area is 199 Å². The maximum Gasteiger partial charge on any atom is 0.271 e. The summed E-state index contributed by atoms with van der Waals surface area (Å²) in [5.74, 6) is -0.455. The predicted octanol–water partition coefficient (Wildman–Crippen LogP) is 3.93. The Kier molecular flexibility index (Phi) is 7.80. The first-order valence-corrected chi connectivity index (χ1v) is 11.3. The van der Waals surface area contributed by atoms with Crippen molar-refractivity contribution in [3.05, 3.63) is 101 Å². The molecule has 0 aromatic heterocycles. The average molecular weight is 457 g/mol. The van der Waals surface area contributed by atoms with Crippen molar-refractivity contribution in [2.75, 3.05) is 31.6 Å². The van der Waals surface area contributed by atoms with Crippen LogP contribution >= 0.6 is 0 Å². The fourth-order valence-electron chi connectivity index (χ4n) is 3.66. The zero-order valence-corrected chi connectivity index (χ0v) is 19.2. The Bertz CT molecular complexity index is 1150. The summed E-state index contributed by atoms with van der Waals surface area (Å²) >= 11 is 0. The fraction of sp³-hybridized carbons (Fsp3) is 0.222. The van der Waals surface area contributed by atoms with Gasteiger partial charge >= 0.3 is 0 Å². The zero-order chi connectivity index (χ0) is 23.8. The van der Waals surface area contributed by atoms with Crippen LogP contribution in [0.2, 0.25) is 0 Å². The number of nitrogens with zero attached hydrogens (tertiary/aromatic N) is 2. The number of morpholine rings is 1. The monoisotopic (exact) mass is 456 g/mol. The molecule has 0 unspecified atom stereocenters. The van der Waals surface area contributed by atoms with E-state index in [2.05, 4.69) is 20.7 Å². The third kappa shape index (κ3) is 6.37. The van der Waals surface area contributed by atoms with Crippen molar-refractivity contribution < 1.29 is 14.3 Å². The summed E-state index contributed by atoms with van der Waals surface area (Å²) in [4.78, 5) is 27.3. The van der Waals surface area contributed by atoms with Crippen molar-refractivity contribution in [3.8, 4) is 0 Å². The molecule has 1 saturated heterocycles. The van der Waals surface area contributed by atoms with Crippen LogP contribution in [0.5, 0.6) is 0 Å². The third-order valence-corrected chi connectivity index (χ3v) is 5.63. The predicted molar refractivity (Wildman–Crippen MR) is 133 cm³/mol. The van der Waals surface area contributed by atoms with Gasteiger partial charge in [0.1, 0.15) is 0 Å². The number of hydrogen-bond donors (Lipinski definition) is 2. The second kappa shape index (κ2) is 11.4. The molecule has 0 saturated carbocycles. The molecule has 3 aromatic carbocycles. The maximum absolute atomic E-state index is 12.5. The van der Waals surface area contributed by atoms with Gasteiger partial charge in [-0.3, -0.25) is 14.5 Å². The van der Waals surface area contributed by atoms with Crippen LogP contribution in [0.3, 0.4) is 0 Å². The van der Waals surface area contributed by atoms with E-state index in [9.17, 15) is 9.59 Å². The van der Waals surface area contributed by atoms with Gasteiger partial charge in [0.15, 0.2) is 0 Å². The first-order chi connectivity index (χ1) is 16.6. The van der Waals surface area contributed by atoms with E-state index in [1.807, 2.05) is 73.7 Å². The van der Waals surface area contributed by atoms with Gasteiger partial charge in [0.25, 0.3) is 11.8 Å². The first kappa shape index (κ1) is 23.4. The van der Waals surface area contributed by atoms with Gasteiger partial charge in [0.05, 0.1) is 18.9 Å². The van der Waals surface area contributed by atoms with Crippen LogP contribution in [-0.4, -0.2) is 48.7 Å². The number of ether oxygens (including phenoxy) is 1. The standard InChI is InChI=1S/C27H28N4O3/c1-20(24-8-5-9-25(18-24)28-26(32)22-6-3-2-4-7-22)29-30-27(33)23-12-10-21(11-13-23)19-31-14-16-34-17-15-31/h2-13,18H,14-17,19H2,1H3,(H,28,32)(H,30,33)/b29-20-. The third-order valence-electron chi connectivity index (χ3n) is 5.63. The van der Waals surface area contributed by atoms with Crippen molar-refractivity contribution in [1.29, 1.82) is 0 Å². The zero-order valence-electron chi connectivity index (χ0n) is 19.2. The summed E-state index contributed by atoms with van der Waals surface area (Å²) in [6.07, 6.45) is 0. The molecule has 2 amide bonds. The minimum Gasteiger partial charge on any atom is -0.379 e. The molecular weight excluding hydrogens is 428 g/mol. The summed E-state index contributed by atoms with van der Waals surface area (Å²) < 4.78 is 5.38. The summed E-state index contributed by atoms with van der Waals surface area (Å²) in [5.41, 5.74) is 7.00. The summed E-state index contributed by atoms with van der Waals surface area (Å²) in [6, 6.07) is 24.0. The van der Waals surface area contributed by atoms with Crippen LogP contribution in [0, 0.1) is 0 Å². The van der Waals surface area contributed by atoms with Gasteiger partial charge < -0.3 is 10.1 Å². The molecule has 7 heteroatoms. The molecule has 174 valence electrons. The molecule has 0 radical (unpaired) electrons. The lowest BCUT2D eigenvalue weighted by atomic mass is 10.1. The number of hydrogen-bond acceptors (Lipinski definition) is 5. The SMILES string of the molecule is C/C(=N/NC(=O)c1ccc(CN2CCOCC2)cc1)c1cccc(NC(=O)c2ccccc2)c1. The smallest absolute Gasteiger partial charge is 0.271 e. The topological polar surface area (TPSA) is 83.0 Å². The van der Waals surface area contributed by atoms with E-state index in [1.165, 1.54) is 0 Å². The second-order valence-corrected chi connectivity index (χ2v) is 8.12. The number of carbonyl (C=O) groups excluding carboxylic acids is 2. The lowest BCUT2D eigenvalue weighted by molar-refractivity contribution is 0.0342. The van der Waals surface area contributed by atoms with Gasteiger partial charge in [-0.15, -0.1) is 0 Å². The van der Waals surface area contributed by atoms with Crippen LogP contribution in [0.4, 0.5) is 5.69 Å². The van der Waals surface area contributed by atoms with Crippen LogP contribution in [0.25, 0.3) is 0 Å². The van der Waals surface area contributed by atoms with Crippen molar-refractivity contribution in [2.24, 2.45) is 5.10 Å². The molecule has 1 heterocycles. The number of carbonyl (C=O) groups is 2. The molecular formula is C27H28N4O3. The number of hydrazone groups is 1. The van der Waals surface area contributed by atoms with Gasteiger partial charge in [-0.2, -0.15) is 5.10 Å². The number of benzene rings is 3. The first-order valence-electron chi connectivity index (χ1n) is 11.3.